The zero-order valence-electron chi connectivity index (χ0n) is 16.9. The zero-order valence-corrected chi connectivity index (χ0v) is 20.3. The first kappa shape index (κ1) is 23.7. The van der Waals surface area contributed by atoms with Crippen LogP contribution in [0.15, 0.2) is 22.6 Å². The topological polar surface area (TPSA) is 110 Å². The molecule has 2 rings (SSSR count). The van der Waals surface area contributed by atoms with Crippen molar-refractivity contribution in [2.24, 2.45) is 0 Å². The molecule has 1 heterocycles. The number of nitrogens with one attached hydrogen (secondary N) is 1. The molecule has 2 atom stereocenters. The molecule has 0 amide bonds. The summed E-state index contributed by atoms with van der Waals surface area (Å²) in [6, 6.07) is 5.18. The molecule has 0 radical (unpaired) electrons. The molecule has 0 aliphatic rings. The summed E-state index contributed by atoms with van der Waals surface area (Å²) in [6.45, 7) is 6.24. The Labute approximate surface area is 182 Å². The third-order valence-electron chi connectivity index (χ3n) is 3.83. The minimum absolute atomic E-state index is 0.128. The lowest BCUT2D eigenvalue weighted by molar-refractivity contribution is 0.401. The summed E-state index contributed by atoms with van der Waals surface area (Å²) in [4.78, 5) is -0.360. The van der Waals surface area contributed by atoms with Gasteiger partial charge in [-0.2, -0.15) is 0 Å². The molecule has 0 saturated heterocycles. The minimum atomic E-state index is -2.10. The molecule has 1 aromatic heterocycles. The van der Waals surface area contributed by atoms with Crippen LogP contribution in [0.25, 0.3) is 11.3 Å². The minimum Gasteiger partial charge on any atom is -0.539 e. The van der Waals surface area contributed by atoms with Gasteiger partial charge in [-0.05, 0) is 44.3 Å². The lowest BCUT2D eigenvalue weighted by Gasteiger charge is -2.20. The zero-order chi connectivity index (χ0) is 21.8. The number of furan rings is 1. The van der Waals surface area contributed by atoms with Crippen molar-refractivity contribution in [3.8, 4) is 34.3 Å². The largest absolute Gasteiger partial charge is 0.539 e. The Morgan fingerprint density at radius 2 is 1.97 bits per heavy atom. The average Bonchev–Trinajstić information content (AvgIpc) is 2.95. The molecule has 0 aliphatic carbocycles. The van der Waals surface area contributed by atoms with Crippen LogP contribution < -0.4 is 18.6 Å². The Hall–Kier alpha value is -1.53. The van der Waals surface area contributed by atoms with E-state index in [1.54, 1.807) is 25.3 Å². The second-order valence-corrected chi connectivity index (χ2v) is 13.5. The molecule has 0 aliphatic heterocycles. The van der Waals surface area contributed by atoms with Gasteiger partial charge >= 0.3 is 0 Å². The van der Waals surface area contributed by atoms with Gasteiger partial charge in [0.2, 0.25) is 25.3 Å². The van der Waals surface area contributed by atoms with Crippen molar-refractivity contribution in [2.45, 2.75) is 30.9 Å². The molecule has 2 unspecified atom stereocenters. The number of rotatable bonds is 10. The fourth-order valence-electron chi connectivity index (χ4n) is 2.61. The second kappa shape index (κ2) is 9.98. The van der Waals surface area contributed by atoms with Crippen LogP contribution in [-0.4, -0.2) is 42.9 Å². The number of ether oxygens (including phenoxy) is 2. The highest BCUT2D eigenvalue weighted by Gasteiger charge is 2.31. The van der Waals surface area contributed by atoms with Crippen LogP contribution in [-0.2, 0) is 11.3 Å². The number of methoxy groups -OCH3 is 2. The summed E-state index contributed by atoms with van der Waals surface area (Å²) >= 11 is 1.43. The Bertz CT molecular complexity index is 869. The Kier molecular flexibility index (Phi) is 8.17. The van der Waals surface area contributed by atoms with Crippen molar-refractivity contribution < 1.29 is 32.2 Å². The highest BCUT2D eigenvalue weighted by molar-refractivity contribution is 9.09. The van der Waals surface area contributed by atoms with Gasteiger partial charge in [0.15, 0.2) is 17.3 Å². The van der Waals surface area contributed by atoms with E-state index in [9.17, 15) is 9.32 Å². The maximum Gasteiger partial charge on any atom is 0.242 e. The predicted octanol–water partition coefficient (Wildman–Crippen LogP) is 4.44. The number of aromatic hydroxyl groups is 1. The standard InChI is InChI=1S/C18H26BrNO7SSi/c1-24-11-6-7-14(25-2)12(10-11)16-15(21)18(27-29(3,4)5)17(26-16)13(19)8-9-20-28(22)23/h6-7,10,13,20-21H,8-9H2,1-5H3,(H,22,23). The number of halogens is 1. The molecule has 29 heavy (non-hydrogen) atoms. The van der Waals surface area contributed by atoms with E-state index in [0.717, 1.165) is 0 Å². The van der Waals surface area contributed by atoms with Gasteiger partial charge in [0, 0.05) is 6.54 Å². The van der Waals surface area contributed by atoms with Crippen molar-refractivity contribution in [2.75, 3.05) is 20.8 Å². The number of hydrogen-bond acceptors (Lipinski definition) is 6. The van der Waals surface area contributed by atoms with Gasteiger partial charge in [-0.15, -0.1) is 0 Å². The highest BCUT2D eigenvalue weighted by atomic mass is 79.9. The molecular weight excluding hydrogens is 482 g/mol. The van der Waals surface area contributed by atoms with Gasteiger partial charge in [-0.3, -0.25) is 4.55 Å². The summed E-state index contributed by atoms with van der Waals surface area (Å²) in [5.41, 5.74) is 0.519. The lowest BCUT2D eigenvalue weighted by atomic mass is 10.1. The monoisotopic (exact) mass is 507 g/mol. The van der Waals surface area contributed by atoms with Crippen LogP contribution in [0.3, 0.4) is 0 Å². The third kappa shape index (κ3) is 6.22. The Morgan fingerprint density at radius 3 is 2.52 bits per heavy atom. The molecule has 1 aromatic carbocycles. The molecule has 8 nitrogen and oxygen atoms in total. The molecule has 0 spiro atoms. The van der Waals surface area contributed by atoms with E-state index in [0.29, 0.717) is 29.2 Å². The van der Waals surface area contributed by atoms with Gasteiger partial charge in [-0.25, -0.2) is 8.93 Å². The number of alkyl halides is 1. The van der Waals surface area contributed by atoms with Gasteiger partial charge < -0.3 is 23.4 Å². The summed E-state index contributed by atoms with van der Waals surface area (Å²) in [5.74, 6) is 1.82. The summed E-state index contributed by atoms with van der Waals surface area (Å²) < 4.78 is 45.0. The van der Waals surface area contributed by atoms with Gasteiger partial charge in [-0.1, -0.05) is 15.9 Å². The van der Waals surface area contributed by atoms with Crippen LogP contribution in [0.1, 0.15) is 17.0 Å². The van der Waals surface area contributed by atoms with Crippen molar-refractivity contribution in [1.29, 1.82) is 0 Å². The smallest absolute Gasteiger partial charge is 0.242 e. The van der Waals surface area contributed by atoms with Crippen molar-refractivity contribution in [3.63, 3.8) is 0 Å². The molecule has 3 N–H and O–H groups in total. The van der Waals surface area contributed by atoms with E-state index in [-0.39, 0.29) is 28.6 Å². The van der Waals surface area contributed by atoms with Gasteiger partial charge in [0.1, 0.15) is 11.5 Å². The highest BCUT2D eigenvalue weighted by Crippen LogP contribution is 2.50. The molecule has 0 saturated carbocycles. The summed E-state index contributed by atoms with van der Waals surface area (Å²) in [6.07, 6.45) is 0.427. The van der Waals surface area contributed by atoms with Gasteiger partial charge in [0.25, 0.3) is 0 Å². The lowest BCUT2D eigenvalue weighted by Crippen LogP contribution is -2.29. The van der Waals surface area contributed by atoms with E-state index >= 15 is 0 Å². The van der Waals surface area contributed by atoms with Crippen LogP contribution >= 0.6 is 15.9 Å². The van der Waals surface area contributed by atoms with Crippen LogP contribution in [0.5, 0.6) is 23.0 Å². The van der Waals surface area contributed by atoms with Crippen molar-refractivity contribution in [1.82, 2.24) is 4.72 Å². The number of hydrogen-bond donors (Lipinski definition) is 3. The SMILES string of the molecule is COc1ccc(OC)c(-c2oc(C(Br)CCNS(=O)O)c(O[Si](C)(C)C)c2O)c1. The van der Waals surface area contributed by atoms with Crippen molar-refractivity contribution in [3.05, 3.63) is 24.0 Å². The van der Waals surface area contributed by atoms with E-state index in [4.69, 9.17) is 22.9 Å². The molecule has 11 heteroatoms. The molecule has 162 valence electrons. The number of benzene rings is 1. The molecule has 2 aromatic rings. The quantitative estimate of drug-likeness (QED) is 0.247. The fraction of sp³-hybridized carbons (Fsp3) is 0.444. The normalized spacial score (nSPS) is 13.8. The van der Waals surface area contributed by atoms with E-state index in [1.807, 2.05) is 19.6 Å². The molecule has 0 bridgehead atoms. The Morgan fingerprint density at radius 1 is 1.28 bits per heavy atom. The van der Waals surface area contributed by atoms with E-state index in [1.165, 1.54) is 7.11 Å². The van der Waals surface area contributed by atoms with E-state index in [2.05, 4.69) is 20.7 Å². The first-order valence-electron chi connectivity index (χ1n) is 8.82. The van der Waals surface area contributed by atoms with Crippen LogP contribution in [0.4, 0.5) is 0 Å². The second-order valence-electron chi connectivity index (χ2n) is 7.15. The van der Waals surface area contributed by atoms with Crippen molar-refractivity contribution >= 4 is 35.5 Å². The first-order valence-corrected chi connectivity index (χ1v) is 14.3. The average molecular weight is 508 g/mol. The first-order chi connectivity index (χ1) is 13.6. The fourth-order valence-corrected chi connectivity index (χ4v) is 4.25. The summed E-state index contributed by atoms with van der Waals surface area (Å²) in [7, 11) is 0.990. The maximum atomic E-state index is 11.0. The van der Waals surface area contributed by atoms with Crippen LogP contribution in [0, 0.1) is 0 Å². The molecule has 0 fully saturated rings. The van der Waals surface area contributed by atoms with Gasteiger partial charge in [0.05, 0.1) is 24.6 Å². The maximum absolute atomic E-state index is 11.0. The Balaban J connectivity index is 2.53. The molecular formula is C18H26BrNO7SSi. The van der Waals surface area contributed by atoms with E-state index < -0.39 is 19.6 Å². The summed E-state index contributed by atoms with van der Waals surface area (Å²) in [5, 5.41) is 11.0. The third-order valence-corrected chi connectivity index (χ3v) is 5.97. The van der Waals surface area contributed by atoms with Crippen LogP contribution in [0.2, 0.25) is 19.6 Å². The predicted molar refractivity (Wildman–Crippen MR) is 118 cm³/mol.